The van der Waals surface area contributed by atoms with Crippen molar-refractivity contribution in [1.29, 1.82) is 10.5 Å². The molecular formula is C14H15N3O. The Kier molecular flexibility index (Phi) is 5.41. The van der Waals surface area contributed by atoms with Crippen LogP contribution >= 0.6 is 0 Å². The van der Waals surface area contributed by atoms with Crippen LogP contribution in [0.4, 0.5) is 0 Å². The van der Waals surface area contributed by atoms with Gasteiger partial charge in [0.05, 0.1) is 25.0 Å². The third-order valence-corrected chi connectivity index (χ3v) is 2.54. The minimum absolute atomic E-state index is 0.121. The van der Waals surface area contributed by atoms with Gasteiger partial charge in [-0.2, -0.15) is 10.5 Å². The van der Waals surface area contributed by atoms with Gasteiger partial charge in [0.15, 0.2) is 0 Å². The topological polar surface area (TPSA) is 67.9 Å². The third-order valence-electron chi connectivity index (χ3n) is 2.54. The molecule has 0 aliphatic rings. The molecule has 1 aromatic rings. The molecule has 0 bridgehead atoms. The average molecular weight is 241 g/mol. The van der Waals surface area contributed by atoms with Crippen LogP contribution in [0.3, 0.4) is 0 Å². The van der Waals surface area contributed by atoms with E-state index in [0.717, 1.165) is 5.56 Å². The lowest BCUT2D eigenvalue weighted by molar-refractivity contribution is 0.0762. The minimum atomic E-state index is -0.121. The van der Waals surface area contributed by atoms with Gasteiger partial charge in [-0.05, 0) is 19.1 Å². The molecule has 0 aliphatic heterocycles. The highest BCUT2D eigenvalue weighted by atomic mass is 16.2. The molecule has 0 saturated carbocycles. The van der Waals surface area contributed by atoms with E-state index in [4.69, 9.17) is 10.5 Å². The molecule has 4 nitrogen and oxygen atoms in total. The minimum Gasteiger partial charge on any atom is -0.337 e. The Labute approximate surface area is 107 Å². The quantitative estimate of drug-likeness (QED) is 0.794. The van der Waals surface area contributed by atoms with E-state index in [1.165, 1.54) is 0 Å². The molecular weight excluding hydrogens is 226 g/mol. The van der Waals surface area contributed by atoms with Crippen LogP contribution < -0.4 is 0 Å². The Hall–Kier alpha value is -2.33. The molecule has 0 N–H and O–H groups in total. The number of hydrogen-bond acceptors (Lipinski definition) is 3. The molecule has 4 heteroatoms. The van der Waals surface area contributed by atoms with Crippen molar-refractivity contribution in [3.8, 4) is 12.1 Å². The lowest BCUT2D eigenvalue weighted by Crippen LogP contribution is -2.32. The van der Waals surface area contributed by atoms with Crippen LogP contribution in [0.25, 0.3) is 0 Å². The molecule has 0 spiro atoms. The monoisotopic (exact) mass is 241 g/mol. The van der Waals surface area contributed by atoms with Gasteiger partial charge in [0, 0.05) is 18.7 Å². The van der Waals surface area contributed by atoms with Crippen molar-refractivity contribution in [3.63, 3.8) is 0 Å². The van der Waals surface area contributed by atoms with Crippen molar-refractivity contribution in [3.05, 3.63) is 35.4 Å². The lowest BCUT2D eigenvalue weighted by atomic mass is 10.1. The second kappa shape index (κ2) is 7.09. The smallest absolute Gasteiger partial charge is 0.253 e. The number of aryl methyl sites for hydroxylation is 1. The van der Waals surface area contributed by atoms with Crippen molar-refractivity contribution in [2.45, 2.75) is 19.8 Å². The van der Waals surface area contributed by atoms with Gasteiger partial charge in [-0.3, -0.25) is 4.79 Å². The predicted octanol–water partition coefficient (Wildman–Crippen LogP) is 2.26. The van der Waals surface area contributed by atoms with Crippen LogP contribution in [0, 0.1) is 29.6 Å². The Morgan fingerprint density at radius 2 is 1.83 bits per heavy atom. The van der Waals surface area contributed by atoms with E-state index >= 15 is 0 Å². The van der Waals surface area contributed by atoms with Crippen LogP contribution in [-0.2, 0) is 0 Å². The molecule has 0 unspecified atom stereocenters. The molecule has 0 saturated heterocycles. The highest BCUT2D eigenvalue weighted by Crippen LogP contribution is 2.08. The summed E-state index contributed by atoms with van der Waals surface area (Å²) in [7, 11) is 0. The lowest BCUT2D eigenvalue weighted by Gasteiger charge is -2.20. The molecule has 0 fully saturated rings. The van der Waals surface area contributed by atoms with Gasteiger partial charge in [-0.1, -0.05) is 17.7 Å². The van der Waals surface area contributed by atoms with E-state index < -0.39 is 0 Å². The molecule has 0 heterocycles. The largest absolute Gasteiger partial charge is 0.337 e. The third kappa shape index (κ3) is 3.92. The van der Waals surface area contributed by atoms with Gasteiger partial charge in [-0.15, -0.1) is 0 Å². The van der Waals surface area contributed by atoms with E-state index in [-0.39, 0.29) is 18.7 Å². The molecule has 18 heavy (non-hydrogen) atoms. The van der Waals surface area contributed by atoms with Crippen molar-refractivity contribution in [1.82, 2.24) is 4.90 Å². The van der Waals surface area contributed by atoms with Crippen LogP contribution in [0.15, 0.2) is 24.3 Å². The Morgan fingerprint density at radius 3 is 2.33 bits per heavy atom. The van der Waals surface area contributed by atoms with Gasteiger partial charge in [0.2, 0.25) is 0 Å². The molecule has 0 radical (unpaired) electrons. The molecule has 1 rings (SSSR count). The summed E-state index contributed by atoms with van der Waals surface area (Å²) < 4.78 is 0. The van der Waals surface area contributed by atoms with Crippen molar-refractivity contribution in [2.75, 3.05) is 13.1 Å². The summed E-state index contributed by atoms with van der Waals surface area (Å²) in [6, 6.07) is 11.3. The van der Waals surface area contributed by atoms with Gasteiger partial charge in [0.1, 0.15) is 0 Å². The summed E-state index contributed by atoms with van der Waals surface area (Å²) in [5.41, 5.74) is 1.62. The maximum absolute atomic E-state index is 12.2. The number of nitrogens with zero attached hydrogens (tertiary/aromatic N) is 3. The number of amides is 1. The van der Waals surface area contributed by atoms with E-state index in [1.54, 1.807) is 11.0 Å². The molecule has 0 aromatic heterocycles. The number of rotatable bonds is 5. The van der Waals surface area contributed by atoms with Crippen LogP contribution in [0.5, 0.6) is 0 Å². The number of benzene rings is 1. The zero-order valence-corrected chi connectivity index (χ0v) is 10.4. The van der Waals surface area contributed by atoms with Gasteiger partial charge >= 0.3 is 0 Å². The Bertz CT molecular complexity index is 478. The summed E-state index contributed by atoms with van der Waals surface area (Å²) in [4.78, 5) is 13.8. The molecule has 0 atom stereocenters. The fourth-order valence-corrected chi connectivity index (χ4v) is 1.65. The normalized spacial score (nSPS) is 9.28. The van der Waals surface area contributed by atoms with E-state index in [2.05, 4.69) is 0 Å². The number of nitriles is 2. The first-order valence-corrected chi connectivity index (χ1v) is 5.79. The highest BCUT2D eigenvalue weighted by molar-refractivity contribution is 5.94. The summed E-state index contributed by atoms with van der Waals surface area (Å²) in [5.74, 6) is -0.121. The average Bonchev–Trinajstić information content (AvgIpc) is 2.38. The summed E-state index contributed by atoms with van der Waals surface area (Å²) in [6.07, 6.45) is 0.561. The van der Waals surface area contributed by atoms with E-state index in [0.29, 0.717) is 18.7 Å². The summed E-state index contributed by atoms with van der Waals surface area (Å²) >= 11 is 0. The molecule has 0 aliphatic carbocycles. The zero-order valence-electron chi connectivity index (χ0n) is 10.4. The first-order chi connectivity index (χ1) is 8.69. The Morgan fingerprint density at radius 1 is 1.22 bits per heavy atom. The second-order valence-electron chi connectivity index (χ2n) is 3.98. The van der Waals surface area contributed by atoms with E-state index in [1.807, 2.05) is 37.3 Å². The zero-order chi connectivity index (χ0) is 13.4. The fraction of sp³-hybridized carbons (Fsp3) is 0.357. The number of hydrogen-bond donors (Lipinski definition) is 0. The maximum atomic E-state index is 12.2. The Balaban J connectivity index is 2.81. The van der Waals surface area contributed by atoms with Crippen molar-refractivity contribution in [2.24, 2.45) is 0 Å². The van der Waals surface area contributed by atoms with Crippen LogP contribution in [0.2, 0.25) is 0 Å². The van der Waals surface area contributed by atoms with Gasteiger partial charge in [-0.25, -0.2) is 0 Å². The van der Waals surface area contributed by atoms with Crippen molar-refractivity contribution < 1.29 is 4.79 Å². The number of carbonyl (C=O) groups excluding carboxylic acids is 1. The van der Waals surface area contributed by atoms with Gasteiger partial charge in [0.25, 0.3) is 5.91 Å². The van der Waals surface area contributed by atoms with E-state index in [9.17, 15) is 4.79 Å². The summed E-state index contributed by atoms with van der Waals surface area (Å²) in [5, 5.41) is 17.2. The van der Waals surface area contributed by atoms with Crippen LogP contribution in [-0.4, -0.2) is 23.9 Å². The van der Waals surface area contributed by atoms with Crippen LogP contribution in [0.1, 0.15) is 28.8 Å². The highest BCUT2D eigenvalue weighted by Gasteiger charge is 2.14. The first-order valence-electron chi connectivity index (χ1n) is 5.79. The first kappa shape index (κ1) is 13.7. The standard InChI is InChI=1S/C14H15N3O/c1-12-5-2-6-13(11-12)14(18)17(9-3-7-15)10-4-8-16/h2,5-6,11H,3-4,9-10H2,1H3. The predicted molar refractivity (Wildman–Crippen MR) is 67.5 cm³/mol. The van der Waals surface area contributed by atoms with Crippen molar-refractivity contribution >= 4 is 5.91 Å². The molecule has 1 aromatic carbocycles. The second-order valence-corrected chi connectivity index (χ2v) is 3.98. The fourth-order valence-electron chi connectivity index (χ4n) is 1.65. The van der Waals surface area contributed by atoms with Gasteiger partial charge < -0.3 is 4.90 Å². The molecule has 1 amide bonds. The maximum Gasteiger partial charge on any atom is 0.253 e. The summed E-state index contributed by atoms with van der Waals surface area (Å²) in [6.45, 7) is 2.65. The SMILES string of the molecule is Cc1cccc(C(=O)N(CCC#N)CCC#N)c1. The molecule has 92 valence electrons. The number of carbonyl (C=O) groups is 1.